The molecule has 1 heterocycles. The Bertz CT molecular complexity index is 1430. The number of ether oxygens (including phenoxy) is 3. The highest BCUT2D eigenvalue weighted by Gasteiger charge is 2.42. The highest BCUT2D eigenvalue weighted by molar-refractivity contribution is 6.48. The number of aliphatic imine (C=N–C) groups is 1. The minimum atomic E-state index is -0.718. The Morgan fingerprint density at radius 3 is 2.51 bits per heavy atom. The van der Waals surface area contributed by atoms with Gasteiger partial charge in [0.25, 0.3) is 6.01 Å². The van der Waals surface area contributed by atoms with Crippen LogP contribution < -0.4 is 9.47 Å². The molecule has 1 aliphatic carbocycles. The number of methoxy groups -OCH3 is 1. The predicted molar refractivity (Wildman–Crippen MR) is 139 cm³/mol. The van der Waals surface area contributed by atoms with Gasteiger partial charge < -0.3 is 14.2 Å². The van der Waals surface area contributed by atoms with Crippen LogP contribution in [0.1, 0.15) is 38.7 Å². The van der Waals surface area contributed by atoms with Crippen LogP contribution in [0.2, 0.25) is 10.0 Å². The lowest BCUT2D eigenvalue weighted by atomic mass is 10.2. The van der Waals surface area contributed by atoms with E-state index < -0.39 is 18.2 Å². The molecule has 1 saturated carbocycles. The first-order valence-corrected chi connectivity index (χ1v) is 12.3. The number of rotatable bonds is 10. The number of benzene rings is 2. The van der Waals surface area contributed by atoms with Gasteiger partial charge in [-0.25, -0.2) is 0 Å². The predicted octanol–water partition coefficient (Wildman–Crippen LogP) is 5.64. The number of hydrogen-bond donors (Lipinski definition) is 0. The molecule has 0 amide bonds. The molecule has 11 heteroatoms. The van der Waals surface area contributed by atoms with Crippen LogP contribution >= 0.6 is 23.2 Å². The van der Waals surface area contributed by atoms with Crippen LogP contribution in [-0.2, 0) is 26.4 Å². The second-order valence-corrected chi connectivity index (χ2v) is 9.57. The molecule has 0 aliphatic heterocycles. The summed E-state index contributed by atoms with van der Waals surface area (Å²) < 4.78 is 18.4. The molecule has 1 aromatic heterocycles. The Kier molecular flexibility index (Phi) is 7.71. The summed E-state index contributed by atoms with van der Waals surface area (Å²) in [7, 11) is 1.60. The molecule has 3 aromatic rings. The van der Waals surface area contributed by atoms with Crippen molar-refractivity contribution in [3.8, 4) is 23.6 Å². The number of carbonyl (C=O) groups is 2. The number of esters is 1. The molecule has 0 radical (unpaired) electrons. The maximum absolute atomic E-state index is 12.1. The summed E-state index contributed by atoms with van der Waals surface area (Å²) >= 11 is 12.9. The van der Waals surface area contributed by atoms with Gasteiger partial charge in [0, 0.05) is 11.6 Å². The van der Waals surface area contributed by atoms with Gasteiger partial charge in [0.1, 0.15) is 18.2 Å². The maximum atomic E-state index is 12.1. The van der Waals surface area contributed by atoms with E-state index in [1.807, 2.05) is 12.1 Å². The van der Waals surface area contributed by atoms with E-state index in [0.29, 0.717) is 17.3 Å². The molecule has 0 unspecified atom stereocenters. The van der Waals surface area contributed by atoms with Gasteiger partial charge in [0.05, 0.1) is 41.3 Å². The van der Waals surface area contributed by atoms with Crippen molar-refractivity contribution in [2.45, 2.75) is 45.2 Å². The Balaban J connectivity index is 1.54. The highest BCUT2D eigenvalue weighted by atomic mass is 35.5. The van der Waals surface area contributed by atoms with E-state index in [1.165, 1.54) is 0 Å². The zero-order chi connectivity index (χ0) is 26.7. The molecule has 0 atom stereocenters. The zero-order valence-electron chi connectivity index (χ0n) is 20.5. The Morgan fingerprint density at radius 1 is 1.22 bits per heavy atom. The van der Waals surface area contributed by atoms with E-state index in [9.17, 15) is 14.9 Å². The topological polar surface area (TPSA) is 116 Å². The summed E-state index contributed by atoms with van der Waals surface area (Å²) in [6, 6.07) is 10.9. The fraction of sp³-hybridized carbons (Fsp3) is 0.346. The smallest absolute Gasteiger partial charge is 0.313 e. The number of halogens is 2. The van der Waals surface area contributed by atoms with Crippen molar-refractivity contribution in [3.05, 3.63) is 45.9 Å². The van der Waals surface area contributed by atoms with E-state index in [4.69, 9.17) is 37.4 Å². The minimum absolute atomic E-state index is 0.0410. The number of carbonyl (C=O) groups excluding carboxylic acids is 2. The third kappa shape index (κ3) is 5.71. The number of nitriles is 1. The van der Waals surface area contributed by atoms with E-state index in [0.717, 1.165) is 23.9 Å². The zero-order valence-corrected chi connectivity index (χ0v) is 22.0. The van der Waals surface area contributed by atoms with Gasteiger partial charge in [-0.1, -0.05) is 23.2 Å². The summed E-state index contributed by atoms with van der Waals surface area (Å²) in [5.41, 5.74) is 1.79. The first-order valence-electron chi connectivity index (χ1n) is 11.5. The average Bonchev–Trinajstić information content (AvgIpc) is 3.48. The molecule has 37 heavy (non-hydrogen) atoms. The minimum Gasteiger partial charge on any atom is -0.468 e. The van der Waals surface area contributed by atoms with Crippen LogP contribution in [-0.4, -0.2) is 40.7 Å². The third-order valence-electron chi connectivity index (χ3n) is 5.97. The van der Waals surface area contributed by atoms with E-state index >= 15 is 0 Å². The molecule has 0 N–H and O–H groups in total. The largest absolute Gasteiger partial charge is 0.468 e. The van der Waals surface area contributed by atoms with Gasteiger partial charge in [-0.15, -0.1) is 0 Å². The summed E-state index contributed by atoms with van der Waals surface area (Å²) in [6.45, 7) is 3.88. The molecule has 2 aromatic carbocycles. The molecule has 4 rings (SSSR count). The Morgan fingerprint density at radius 2 is 1.92 bits per heavy atom. The normalized spacial score (nSPS) is 14.2. The Labute approximate surface area is 223 Å². The lowest BCUT2D eigenvalue weighted by Gasteiger charge is -2.15. The lowest BCUT2D eigenvalue weighted by Crippen LogP contribution is -2.18. The lowest BCUT2D eigenvalue weighted by molar-refractivity contribution is -0.144. The number of ketones is 1. The molecule has 0 bridgehead atoms. The van der Waals surface area contributed by atoms with Gasteiger partial charge in [-0.3, -0.25) is 19.1 Å². The van der Waals surface area contributed by atoms with Gasteiger partial charge in [-0.2, -0.15) is 10.2 Å². The standard InChI is InChI=1S/C26H24Cl2N4O5/c1-4-36-23(34)12-22(33)20(13-29)30-14-15-9-17(27)24(18(28)10-15)37-16-5-6-19-21(11-16)32(25(31-19)35-3)26(2)7-8-26/h5-6,9-11H,4,7-8,12,14H2,1-3H3. The molecule has 192 valence electrons. The van der Waals surface area contributed by atoms with Gasteiger partial charge >= 0.3 is 5.97 Å². The van der Waals surface area contributed by atoms with Crippen molar-refractivity contribution >= 4 is 51.7 Å². The van der Waals surface area contributed by atoms with Crippen molar-refractivity contribution < 1.29 is 23.8 Å². The summed E-state index contributed by atoms with van der Waals surface area (Å²) in [4.78, 5) is 32.2. The third-order valence-corrected chi connectivity index (χ3v) is 6.53. The number of hydrogen-bond acceptors (Lipinski definition) is 8. The van der Waals surface area contributed by atoms with E-state index in [1.54, 1.807) is 38.3 Å². The number of nitrogens with zero attached hydrogens (tertiary/aromatic N) is 4. The fourth-order valence-corrected chi connectivity index (χ4v) is 4.47. The maximum Gasteiger partial charge on any atom is 0.313 e. The van der Waals surface area contributed by atoms with Crippen molar-refractivity contribution in [3.63, 3.8) is 0 Å². The first kappa shape index (κ1) is 26.5. The summed E-state index contributed by atoms with van der Waals surface area (Å²) in [6.07, 6.45) is 1.51. The van der Waals surface area contributed by atoms with Gasteiger partial charge in [0.2, 0.25) is 5.78 Å². The first-order chi connectivity index (χ1) is 17.7. The second-order valence-electron chi connectivity index (χ2n) is 8.75. The average molecular weight is 543 g/mol. The highest BCUT2D eigenvalue weighted by Crippen LogP contribution is 2.48. The number of aromatic nitrogens is 2. The molecular weight excluding hydrogens is 519 g/mol. The molecule has 9 nitrogen and oxygen atoms in total. The molecule has 1 fully saturated rings. The second kappa shape index (κ2) is 10.8. The summed E-state index contributed by atoms with van der Waals surface area (Å²) in [5, 5.41) is 9.72. The molecule has 0 saturated heterocycles. The monoisotopic (exact) mass is 542 g/mol. The van der Waals surface area contributed by atoms with Gasteiger partial charge in [-0.05, 0) is 56.5 Å². The van der Waals surface area contributed by atoms with Crippen molar-refractivity contribution in [2.75, 3.05) is 13.7 Å². The van der Waals surface area contributed by atoms with Crippen molar-refractivity contribution in [2.24, 2.45) is 4.99 Å². The van der Waals surface area contributed by atoms with E-state index in [-0.39, 0.29) is 40.2 Å². The van der Waals surface area contributed by atoms with Crippen molar-refractivity contribution in [1.29, 1.82) is 5.26 Å². The van der Waals surface area contributed by atoms with Crippen LogP contribution in [0, 0.1) is 11.3 Å². The van der Waals surface area contributed by atoms with Crippen LogP contribution in [0.4, 0.5) is 0 Å². The van der Waals surface area contributed by atoms with Crippen LogP contribution in [0.3, 0.4) is 0 Å². The van der Waals surface area contributed by atoms with Crippen LogP contribution in [0.5, 0.6) is 17.5 Å². The quantitative estimate of drug-likeness (QED) is 0.185. The Hall–Kier alpha value is -3.61. The number of imidazole rings is 1. The number of Topliss-reactive ketones (excluding diaryl/α,β-unsaturated/α-hetero) is 1. The van der Waals surface area contributed by atoms with E-state index in [2.05, 4.69) is 21.5 Å². The van der Waals surface area contributed by atoms with Gasteiger partial charge in [0.15, 0.2) is 11.5 Å². The SMILES string of the molecule is CCOC(=O)CC(=O)C(C#N)=NCc1cc(Cl)c(Oc2ccc3nc(OC)n(C4(C)CC4)c3c2)c(Cl)c1. The van der Waals surface area contributed by atoms with Crippen molar-refractivity contribution in [1.82, 2.24) is 9.55 Å². The molecular formula is C26H24Cl2N4O5. The molecule has 0 spiro atoms. The van der Waals surface area contributed by atoms with Crippen LogP contribution in [0.15, 0.2) is 35.3 Å². The fourth-order valence-electron chi connectivity index (χ4n) is 3.86. The number of fused-ring (bicyclic) bond motifs is 1. The summed E-state index contributed by atoms with van der Waals surface area (Å²) in [5.74, 6) is -0.658. The van der Waals surface area contributed by atoms with Crippen LogP contribution in [0.25, 0.3) is 11.0 Å². The molecule has 1 aliphatic rings.